The number of piperidine rings is 1. The number of benzene rings is 3. The zero-order chi connectivity index (χ0) is 39.4. The van der Waals surface area contributed by atoms with E-state index in [9.17, 15) is 31.2 Å². The Morgan fingerprint density at radius 3 is 2.09 bits per heavy atom. The number of hydrogen-bond acceptors (Lipinski definition) is 9. The molecule has 1 N–H and O–H groups in total. The van der Waals surface area contributed by atoms with Gasteiger partial charge in [0, 0.05) is 50.9 Å². The Morgan fingerprint density at radius 2 is 1.49 bits per heavy atom. The van der Waals surface area contributed by atoms with Crippen LogP contribution in [0.1, 0.15) is 66.7 Å². The number of carbonyl (C=O) groups excluding carboxylic acids is 2. The van der Waals surface area contributed by atoms with Gasteiger partial charge in [0.1, 0.15) is 11.4 Å². The van der Waals surface area contributed by atoms with Crippen molar-refractivity contribution in [2.45, 2.75) is 57.1 Å². The van der Waals surface area contributed by atoms with Crippen LogP contribution in [0.25, 0.3) is 0 Å². The predicted octanol–water partition coefficient (Wildman–Crippen LogP) is 7.31. The minimum absolute atomic E-state index is 0.0616. The summed E-state index contributed by atoms with van der Waals surface area (Å²) in [6.45, 7) is 8.01. The van der Waals surface area contributed by atoms with Gasteiger partial charge in [0.2, 0.25) is 15.9 Å². The number of anilines is 2. The van der Waals surface area contributed by atoms with Crippen LogP contribution in [0.4, 0.5) is 29.3 Å². The molecule has 0 radical (unpaired) electrons. The van der Waals surface area contributed by atoms with E-state index in [1.807, 2.05) is 43.9 Å². The lowest BCUT2D eigenvalue weighted by Gasteiger charge is -2.37. The van der Waals surface area contributed by atoms with E-state index in [-0.39, 0.29) is 29.1 Å². The van der Waals surface area contributed by atoms with Gasteiger partial charge in [-0.05, 0) is 87.1 Å². The Hall–Kier alpha value is -5.38. The summed E-state index contributed by atoms with van der Waals surface area (Å²) in [4.78, 5) is 31.9. The highest BCUT2D eigenvalue weighted by Crippen LogP contribution is 2.34. The number of amides is 2. The first-order valence-electron chi connectivity index (χ1n) is 17.9. The normalized spacial score (nSPS) is 15.8. The second kappa shape index (κ2) is 16.2. The van der Waals surface area contributed by atoms with Gasteiger partial charge in [-0.15, -0.1) is 10.2 Å². The smallest absolute Gasteiger partial charge is 0.435 e. The van der Waals surface area contributed by atoms with Gasteiger partial charge in [0.25, 0.3) is 5.91 Å². The molecule has 2 fully saturated rings. The van der Waals surface area contributed by atoms with Gasteiger partial charge in [0.15, 0.2) is 5.69 Å². The fraction of sp³-hybridized carbons (Fsp3) is 0.385. The number of carbonyl (C=O) groups is 2. The maximum atomic E-state index is 13.9. The number of aromatic nitrogens is 2. The van der Waals surface area contributed by atoms with E-state index < -0.39 is 33.6 Å². The average Bonchev–Trinajstić information content (AvgIpc) is 3.14. The second-order valence-electron chi connectivity index (χ2n) is 14.5. The molecule has 1 aromatic heterocycles. The van der Waals surface area contributed by atoms with E-state index in [1.165, 1.54) is 0 Å². The van der Waals surface area contributed by atoms with Crippen LogP contribution in [0.3, 0.4) is 0 Å². The number of ether oxygens (including phenoxy) is 2. The molecule has 3 aromatic carbocycles. The van der Waals surface area contributed by atoms with Crippen molar-refractivity contribution in [3.05, 3.63) is 107 Å². The van der Waals surface area contributed by atoms with Gasteiger partial charge in [0.05, 0.1) is 17.1 Å². The van der Waals surface area contributed by atoms with Gasteiger partial charge in [-0.25, -0.2) is 13.2 Å². The summed E-state index contributed by atoms with van der Waals surface area (Å²) in [5.74, 6) is 0.0277. The molecule has 0 unspecified atom stereocenters. The number of piperazine rings is 1. The highest BCUT2D eigenvalue weighted by molar-refractivity contribution is 7.91. The minimum Gasteiger partial charge on any atom is -0.444 e. The Balaban J connectivity index is 1.11. The van der Waals surface area contributed by atoms with Crippen LogP contribution >= 0.6 is 0 Å². The molecule has 4 aromatic rings. The molecule has 0 bridgehead atoms. The Morgan fingerprint density at radius 1 is 0.818 bits per heavy atom. The van der Waals surface area contributed by atoms with Gasteiger partial charge < -0.3 is 24.2 Å². The van der Waals surface area contributed by atoms with Crippen molar-refractivity contribution < 1.29 is 40.7 Å². The molecule has 2 aliphatic rings. The predicted molar refractivity (Wildman–Crippen MR) is 201 cm³/mol. The number of nitrogens with one attached hydrogen (secondary N) is 1. The van der Waals surface area contributed by atoms with Crippen molar-refractivity contribution >= 4 is 33.4 Å². The number of rotatable bonds is 9. The van der Waals surface area contributed by atoms with E-state index in [1.54, 1.807) is 64.4 Å². The molecule has 0 spiro atoms. The van der Waals surface area contributed by atoms with E-state index in [0.717, 1.165) is 17.7 Å². The highest BCUT2D eigenvalue weighted by Gasteiger charge is 2.33. The van der Waals surface area contributed by atoms with E-state index in [0.29, 0.717) is 74.7 Å². The fourth-order valence-corrected chi connectivity index (χ4v) is 7.74. The zero-order valence-electron chi connectivity index (χ0n) is 30.8. The number of alkyl halides is 3. The lowest BCUT2D eigenvalue weighted by molar-refractivity contribution is -0.141. The third-order valence-corrected chi connectivity index (χ3v) is 10.5. The standard InChI is InChI=1S/C39H43F3N6O6S/c1-38(2,3)54-37(50)48-23-21-46(22-24-48)33-14-11-30(25-32(33)45-55(51,52)26-27-7-5-4-6-8-27)36(49)47-19-17-29(18-20-47)28-9-12-31(13-10-28)53-35-16-15-34(43-44-35)39(40,41)42/h4-16,25,29,45H,17-24,26H2,1-3H3. The summed E-state index contributed by atoms with van der Waals surface area (Å²) < 4.78 is 79.1. The van der Waals surface area contributed by atoms with E-state index in [2.05, 4.69) is 14.9 Å². The second-order valence-corrected chi connectivity index (χ2v) is 16.2. The molecular formula is C39H43F3N6O6S. The number of sulfonamides is 1. The van der Waals surface area contributed by atoms with Gasteiger partial charge >= 0.3 is 12.3 Å². The Bertz CT molecular complexity index is 2060. The molecule has 292 valence electrons. The highest BCUT2D eigenvalue weighted by atomic mass is 32.2. The molecule has 0 aliphatic carbocycles. The van der Waals surface area contributed by atoms with Crippen molar-refractivity contribution in [3.8, 4) is 11.6 Å². The monoisotopic (exact) mass is 780 g/mol. The summed E-state index contributed by atoms with van der Waals surface area (Å²) in [7, 11) is -3.87. The molecule has 2 amide bonds. The topological polar surface area (TPSA) is 134 Å². The summed E-state index contributed by atoms with van der Waals surface area (Å²) in [6.07, 6.45) is -3.62. The number of halogens is 3. The maximum Gasteiger partial charge on any atom is 0.435 e. The van der Waals surface area contributed by atoms with Crippen LogP contribution in [-0.4, -0.2) is 85.3 Å². The molecule has 12 nitrogen and oxygen atoms in total. The molecular weight excluding hydrogens is 738 g/mol. The van der Waals surface area contributed by atoms with E-state index >= 15 is 0 Å². The first-order valence-corrected chi connectivity index (χ1v) is 19.6. The van der Waals surface area contributed by atoms with E-state index in [4.69, 9.17) is 9.47 Å². The third-order valence-electron chi connectivity index (χ3n) is 9.27. The van der Waals surface area contributed by atoms with Crippen LogP contribution in [0.2, 0.25) is 0 Å². The Kier molecular flexibility index (Phi) is 11.5. The van der Waals surface area contributed by atoms with Crippen molar-refractivity contribution in [2.75, 3.05) is 48.9 Å². The van der Waals surface area contributed by atoms with Crippen LogP contribution in [0, 0.1) is 0 Å². The molecule has 0 atom stereocenters. The molecule has 2 aliphatic heterocycles. The summed E-state index contributed by atoms with van der Waals surface area (Å²) in [6, 6.07) is 23.0. The molecule has 3 heterocycles. The van der Waals surface area contributed by atoms with Crippen molar-refractivity contribution in [2.24, 2.45) is 0 Å². The van der Waals surface area contributed by atoms with Gasteiger partial charge in [-0.2, -0.15) is 13.2 Å². The summed E-state index contributed by atoms with van der Waals surface area (Å²) in [5.41, 5.74) is 1.15. The number of likely N-dealkylation sites (tertiary alicyclic amines) is 1. The quantitative estimate of drug-likeness (QED) is 0.186. The lowest BCUT2D eigenvalue weighted by Crippen LogP contribution is -2.50. The zero-order valence-corrected chi connectivity index (χ0v) is 31.6. The van der Waals surface area contributed by atoms with Crippen molar-refractivity contribution in [1.82, 2.24) is 20.0 Å². The van der Waals surface area contributed by atoms with Crippen LogP contribution in [-0.2, 0) is 26.7 Å². The molecule has 55 heavy (non-hydrogen) atoms. The lowest BCUT2D eigenvalue weighted by atomic mass is 9.89. The van der Waals surface area contributed by atoms with Gasteiger partial charge in [-0.3, -0.25) is 9.52 Å². The fourth-order valence-electron chi connectivity index (χ4n) is 6.53. The number of hydrogen-bond donors (Lipinski definition) is 1. The third kappa shape index (κ3) is 10.4. The molecule has 16 heteroatoms. The van der Waals surface area contributed by atoms with Crippen molar-refractivity contribution in [3.63, 3.8) is 0 Å². The Labute approximate surface area is 318 Å². The van der Waals surface area contributed by atoms with Crippen molar-refractivity contribution in [1.29, 1.82) is 0 Å². The van der Waals surface area contributed by atoms with Crippen LogP contribution in [0.5, 0.6) is 11.6 Å². The van der Waals surface area contributed by atoms with Crippen LogP contribution < -0.4 is 14.4 Å². The van der Waals surface area contributed by atoms with Gasteiger partial charge in [-0.1, -0.05) is 42.5 Å². The summed E-state index contributed by atoms with van der Waals surface area (Å²) >= 11 is 0. The summed E-state index contributed by atoms with van der Waals surface area (Å²) in [5, 5.41) is 6.68. The van der Waals surface area contributed by atoms with Crippen LogP contribution in [0.15, 0.2) is 84.9 Å². The molecule has 2 saturated heterocycles. The molecule has 6 rings (SSSR count). The number of nitrogens with zero attached hydrogens (tertiary/aromatic N) is 5. The maximum absolute atomic E-state index is 13.9. The minimum atomic E-state index is -4.59. The SMILES string of the molecule is CC(C)(C)OC(=O)N1CCN(c2ccc(C(=O)N3CCC(c4ccc(Oc5ccc(C(F)(F)F)nn5)cc4)CC3)cc2NS(=O)(=O)Cc2ccccc2)CC1. The largest absolute Gasteiger partial charge is 0.444 e. The first kappa shape index (κ1) is 39.3. The average molecular weight is 781 g/mol. The molecule has 0 saturated carbocycles. The first-order chi connectivity index (χ1) is 26.0.